The molecule has 1 aliphatic heterocycles. The van der Waals surface area contributed by atoms with Crippen molar-refractivity contribution in [1.29, 1.82) is 0 Å². The Morgan fingerprint density at radius 2 is 1.94 bits per heavy atom. The van der Waals surface area contributed by atoms with Gasteiger partial charge in [-0.05, 0) is 19.1 Å². The third-order valence-corrected chi connectivity index (χ3v) is 3.47. The van der Waals surface area contributed by atoms with Gasteiger partial charge >= 0.3 is 0 Å². The van der Waals surface area contributed by atoms with Gasteiger partial charge < -0.3 is 14.4 Å². The summed E-state index contributed by atoms with van der Waals surface area (Å²) < 4.78 is 13.4. The molecule has 1 aromatic rings. The molecule has 0 bridgehead atoms. The van der Waals surface area contributed by atoms with Crippen molar-refractivity contribution in [2.24, 2.45) is 0 Å². The second-order valence-corrected chi connectivity index (χ2v) is 4.41. The molecular weight excluding hydrogens is 240 g/mol. The third-order valence-electron chi connectivity index (χ3n) is 3.16. The van der Waals surface area contributed by atoms with Crippen LogP contribution in [0, 0.1) is 4.77 Å². The van der Waals surface area contributed by atoms with Crippen molar-refractivity contribution in [2.45, 2.75) is 25.7 Å². The average Bonchev–Trinajstić information content (AvgIpc) is 2.91. The first kappa shape index (κ1) is 12.5. The number of methoxy groups -OCH3 is 2. The summed E-state index contributed by atoms with van der Waals surface area (Å²) in [5.74, 6) is 0.860. The van der Waals surface area contributed by atoms with Gasteiger partial charge in [0.05, 0.1) is 0 Å². The summed E-state index contributed by atoms with van der Waals surface area (Å²) in [5, 5.41) is 7.09. The van der Waals surface area contributed by atoms with Crippen molar-refractivity contribution in [3.8, 4) is 0 Å². The van der Waals surface area contributed by atoms with Gasteiger partial charge in [0.15, 0.2) is 4.77 Å². The normalized spacial score (nSPS) is 24.5. The molecule has 7 heteroatoms. The molecule has 17 heavy (non-hydrogen) atoms. The Bertz CT molecular complexity index is 418. The van der Waals surface area contributed by atoms with Crippen molar-refractivity contribution < 1.29 is 9.47 Å². The lowest BCUT2D eigenvalue weighted by atomic mass is 10.3. The Hall–Kier alpha value is -0.920. The van der Waals surface area contributed by atoms with E-state index in [2.05, 4.69) is 15.1 Å². The number of rotatable bonds is 4. The fourth-order valence-corrected chi connectivity index (χ4v) is 2.45. The highest BCUT2D eigenvalue weighted by Crippen LogP contribution is 2.21. The molecule has 2 heterocycles. The fraction of sp³-hybridized carbons (Fsp3) is 0.800. The molecule has 2 atom stereocenters. The number of anilines is 1. The van der Waals surface area contributed by atoms with Crippen LogP contribution in [0.15, 0.2) is 0 Å². The van der Waals surface area contributed by atoms with Gasteiger partial charge in [0.1, 0.15) is 12.2 Å². The van der Waals surface area contributed by atoms with Crippen molar-refractivity contribution >= 4 is 18.2 Å². The number of H-pyrrole nitrogens is 1. The number of nitrogens with one attached hydrogen (secondary N) is 1. The van der Waals surface area contributed by atoms with E-state index in [1.807, 2.05) is 11.5 Å². The molecule has 0 aromatic carbocycles. The van der Waals surface area contributed by atoms with Crippen LogP contribution in [-0.4, -0.2) is 54.3 Å². The van der Waals surface area contributed by atoms with Crippen molar-refractivity contribution in [1.82, 2.24) is 14.8 Å². The average molecular weight is 258 g/mol. The molecule has 96 valence electrons. The van der Waals surface area contributed by atoms with Crippen LogP contribution < -0.4 is 4.90 Å². The molecule has 1 fully saturated rings. The Balaban J connectivity index is 2.21. The quantitative estimate of drug-likeness (QED) is 0.810. The second-order valence-electron chi connectivity index (χ2n) is 4.03. The summed E-state index contributed by atoms with van der Waals surface area (Å²) in [5.41, 5.74) is 0. The number of nitrogens with zero attached hydrogens (tertiary/aromatic N) is 3. The number of ether oxygens (including phenoxy) is 2. The zero-order chi connectivity index (χ0) is 12.4. The smallest absolute Gasteiger partial charge is 0.225 e. The summed E-state index contributed by atoms with van der Waals surface area (Å²) in [6, 6.07) is 0. The van der Waals surface area contributed by atoms with Gasteiger partial charge in [-0.2, -0.15) is 0 Å². The molecule has 1 N–H and O–H groups in total. The van der Waals surface area contributed by atoms with Crippen LogP contribution in [0.5, 0.6) is 0 Å². The molecule has 1 aliphatic rings. The van der Waals surface area contributed by atoms with Crippen LogP contribution in [0.3, 0.4) is 0 Å². The molecule has 0 aliphatic carbocycles. The van der Waals surface area contributed by atoms with Crippen LogP contribution in [0.2, 0.25) is 0 Å². The van der Waals surface area contributed by atoms with Crippen molar-refractivity contribution in [3.63, 3.8) is 0 Å². The Morgan fingerprint density at radius 1 is 1.35 bits per heavy atom. The van der Waals surface area contributed by atoms with Crippen LogP contribution in [0.4, 0.5) is 5.95 Å². The van der Waals surface area contributed by atoms with Crippen molar-refractivity contribution in [2.75, 3.05) is 32.2 Å². The van der Waals surface area contributed by atoms with E-state index in [-0.39, 0.29) is 12.2 Å². The zero-order valence-electron chi connectivity index (χ0n) is 10.3. The predicted molar refractivity (Wildman–Crippen MR) is 66.9 cm³/mol. The van der Waals surface area contributed by atoms with E-state index in [9.17, 15) is 0 Å². The van der Waals surface area contributed by atoms with Gasteiger partial charge in [0.25, 0.3) is 0 Å². The molecule has 0 spiro atoms. The first-order valence-electron chi connectivity index (χ1n) is 5.67. The van der Waals surface area contributed by atoms with Gasteiger partial charge in [-0.15, -0.1) is 5.10 Å². The number of aromatic amines is 1. The third kappa shape index (κ3) is 2.22. The highest BCUT2D eigenvalue weighted by Gasteiger charge is 2.34. The maximum absolute atomic E-state index is 5.41. The van der Waals surface area contributed by atoms with Gasteiger partial charge in [0.2, 0.25) is 5.95 Å². The van der Waals surface area contributed by atoms with E-state index in [0.29, 0.717) is 4.77 Å². The van der Waals surface area contributed by atoms with Crippen LogP contribution in [0.25, 0.3) is 0 Å². The van der Waals surface area contributed by atoms with E-state index in [4.69, 9.17) is 21.7 Å². The van der Waals surface area contributed by atoms with E-state index in [0.717, 1.165) is 25.6 Å². The molecule has 2 rings (SSSR count). The first-order valence-corrected chi connectivity index (χ1v) is 6.07. The van der Waals surface area contributed by atoms with Crippen LogP contribution in [-0.2, 0) is 16.0 Å². The molecule has 1 aromatic heterocycles. The minimum atomic E-state index is 0.0792. The van der Waals surface area contributed by atoms with Gasteiger partial charge in [-0.3, -0.25) is 4.57 Å². The van der Waals surface area contributed by atoms with Crippen LogP contribution in [0.1, 0.15) is 6.92 Å². The highest BCUT2D eigenvalue weighted by molar-refractivity contribution is 7.71. The lowest BCUT2D eigenvalue weighted by Gasteiger charge is -2.16. The van der Waals surface area contributed by atoms with Gasteiger partial charge in [-0.1, -0.05) is 0 Å². The molecule has 0 saturated carbocycles. The lowest BCUT2D eigenvalue weighted by Crippen LogP contribution is -2.27. The lowest BCUT2D eigenvalue weighted by molar-refractivity contribution is -0.00461. The molecule has 0 amide bonds. The molecule has 1 saturated heterocycles. The molecule has 6 nitrogen and oxygen atoms in total. The first-order chi connectivity index (χ1) is 8.21. The largest absolute Gasteiger partial charge is 0.377 e. The SMILES string of the molecule is CCn1c(N2CC(OC)C(OC)C2)n[nH]c1=S. The summed E-state index contributed by atoms with van der Waals surface area (Å²) >= 11 is 5.18. The standard InChI is InChI=1S/C10H18N4O2S/c1-4-14-9(11-12-10(14)17)13-5-7(15-2)8(6-13)16-3/h7-8H,4-6H2,1-3H3,(H,12,17). The van der Waals surface area contributed by atoms with E-state index in [1.165, 1.54) is 0 Å². The van der Waals surface area contributed by atoms with Gasteiger partial charge in [-0.25, -0.2) is 5.10 Å². The fourth-order valence-electron chi connectivity index (χ4n) is 2.20. The number of hydrogen-bond acceptors (Lipinski definition) is 5. The number of aromatic nitrogens is 3. The maximum Gasteiger partial charge on any atom is 0.225 e. The Kier molecular flexibility index (Phi) is 3.80. The minimum absolute atomic E-state index is 0.0792. The van der Waals surface area contributed by atoms with Crippen LogP contribution >= 0.6 is 12.2 Å². The summed E-state index contributed by atoms with van der Waals surface area (Å²) in [4.78, 5) is 2.14. The highest BCUT2D eigenvalue weighted by atomic mass is 32.1. The zero-order valence-corrected chi connectivity index (χ0v) is 11.2. The Labute approximate surface area is 106 Å². The molecule has 0 radical (unpaired) electrons. The monoisotopic (exact) mass is 258 g/mol. The van der Waals surface area contributed by atoms with Gasteiger partial charge in [0, 0.05) is 33.9 Å². The Morgan fingerprint density at radius 3 is 2.41 bits per heavy atom. The second kappa shape index (κ2) is 5.16. The summed E-state index contributed by atoms with van der Waals surface area (Å²) in [7, 11) is 3.41. The molecule has 2 unspecified atom stereocenters. The maximum atomic E-state index is 5.41. The summed E-state index contributed by atoms with van der Waals surface area (Å²) in [6.45, 7) is 4.40. The van der Waals surface area contributed by atoms with E-state index < -0.39 is 0 Å². The van der Waals surface area contributed by atoms with E-state index >= 15 is 0 Å². The number of hydrogen-bond donors (Lipinski definition) is 1. The topological polar surface area (TPSA) is 55.3 Å². The predicted octanol–water partition coefficient (Wildman–Crippen LogP) is 0.811. The minimum Gasteiger partial charge on any atom is -0.377 e. The van der Waals surface area contributed by atoms with E-state index in [1.54, 1.807) is 14.2 Å². The molecular formula is C10H18N4O2S. The summed E-state index contributed by atoms with van der Waals surface area (Å²) in [6.07, 6.45) is 0.158. The van der Waals surface area contributed by atoms with Crippen molar-refractivity contribution in [3.05, 3.63) is 4.77 Å².